The van der Waals surface area contributed by atoms with E-state index >= 15 is 0 Å². The van der Waals surface area contributed by atoms with Crippen LogP contribution < -0.4 is 15.2 Å². The van der Waals surface area contributed by atoms with Gasteiger partial charge in [-0.05, 0) is 68.0 Å². The van der Waals surface area contributed by atoms with Crippen molar-refractivity contribution in [2.75, 3.05) is 37.7 Å². The normalized spacial score (nSPS) is 13.6. The van der Waals surface area contributed by atoms with Crippen LogP contribution in [0, 0.1) is 6.92 Å². The van der Waals surface area contributed by atoms with Gasteiger partial charge in [-0.1, -0.05) is 18.7 Å². The average Bonchev–Trinajstić information content (AvgIpc) is 2.92. The summed E-state index contributed by atoms with van der Waals surface area (Å²) in [5, 5.41) is 0.451. The molecular weight excluding hydrogens is 466 g/mol. The molecule has 1 aliphatic heterocycles. The monoisotopic (exact) mass is 495 g/mol. The van der Waals surface area contributed by atoms with Crippen LogP contribution in [0.15, 0.2) is 83.8 Å². The van der Waals surface area contributed by atoms with Gasteiger partial charge in [-0.3, -0.25) is 14.2 Å². The van der Waals surface area contributed by atoms with Crippen molar-refractivity contribution in [3.63, 3.8) is 0 Å². The van der Waals surface area contributed by atoms with Gasteiger partial charge in [0, 0.05) is 37.9 Å². The minimum absolute atomic E-state index is 0.0579. The van der Waals surface area contributed by atoms with E-state index in [1.807, 2.05) is 36.1 Å². The summed E-state index contributed by atoms with van der Waals surface area (Å²) in [7, 11) is 0. The van der Waals surface area contributed by atoms with Gasteiger partial charge in [-0.15, -0.1) is 0 Å². The van der Waals surface area contributed by atoms with E-state index in [1.54, 1.807) is 54.1 Å². The molecule has 0 atom stereocenters. The van der Waals surface area contributed by atoms with Gasteiger partial charge in [0.25, 0.3) is 11.5 Å². The Kier molecular flexibility index (Phi) is 6.72. The molecule has 1 fully saturated rings. The number of aromatic nitrogens is 3. The van der Waals surface area contributed by atoms with E-state index < -0.39 is 0 Å². The molecule has 0 unspecified atom stereocenters. The van der Waals surface area contributed by atoms with E-state index in [-0.39, 0.29) is 11.5 Å². The van der Waals surface area contributed by atoms with Gasteiger partial charge < -0.3 is 14.5 Å². The fraction of sp³-hybridized carbons (Fsp3) is 0.241. The van der Waals surface area contributed by atoms with Crippen LogP contribution in [0.25, 0.3) is 16.6 Å². The summed E-state index contributed by atoms with van der Waals surface area (Å²) >= 11 is 0. The van der Waals surface area contributed by atoms with Crippen LogP contribution in [-0.4, -0.2) is 58.1 Å². The van der Waals surface area contributed by atoms with Crippen molar-refractivity contribution in [1.82, 2.24) is 19.4 Å². The number of rotatable bonds is 6. The summed E-state index contributed by atoms with van der Waals surface area (Å²) in [6.45, 7) is 10.5. The molecule has 1 saturated heterocycles. The van der Waals surface area contributed by atoms with E-state index in [0.717, 1.165) is 11.4 Å². The topological polar surface area (TPSA) is 80.6 Å². The molecule has 3 heterocycles. The zero-order chi connectivity index (χ0) is 25.9. The number of carbonyl (C=O) groups is 1. The Bertz CT molecular complexity index is 1520. The SMILES string of the molecule is C=C(C)COc1ccc2nc(C)n(-c3cccc(C(=O)N4CCN(c5ccccn5)CC4)c3)c(=O)c2c1. The van der Waals surface area contributed by atoms with Gasteiger partial charge in [0.15, 0.2) is 0 Å². The number of pyridine rings is 1. The highest BCUT2D eigenvalue weighted by atomic mass is 16.5. The van der Waals surface area contributed by atoms with Crippen LogP contribution >= 0.6 is 0 Å². The summed E-state index contributed by atoms with van der Waals surface area (Å²) in [6.07, 6.45) is 1.78. The Hall–Kier alpha value is -4.46. The summed E-state index contributed by atoms with van der Waals surface area (Å²) in [6, 6.07) is 18.3. The largest absolute Gasteiger partial charge is 0.489 e. The summed E-state index contributed by atoms with van der Waals surface area (Å²) in [5.41, 5.74) is 2.41. The number of hydrogen-bond acceptors (Lipinski definition) is 6. The zero-order valence-electron chi connectivity index (χ0n) is 21.1. The van der Waals surface area contributed by atoms with Crippen LogP contribution in [0.1, 0.15) is 23.1 Å². The molecule has 0 bridgehead atoms. The van der Waals surface area contributed by atoms with Gasteiger partial charge in [-0.25, -0.2) is 9.97 Å². The lowest BCUT2D eigenvalue weighted by molar-refractivity contribution is 0.0746. The van der Waals surface area contributed by atoms with Crippen molar-refractivity contribution in [2.45, 2.75) is 13.8 Å². The molecule has 1 amide bonds. The average molecular weight is 496 g/mol. The van der Waals surface area contributed by atoms with E-state index in [2.05, 4.69) is 21.4 Å². The quantitative estimate of drug-likeness (QED) is 0.376. The molecule has 2 aromatic heterocycles. The van der Waals surface area contributed by atoms with Gasteiger partial charge in [-0.2, -0.15) is 0 Å². The van der Waals surface area contributed by atoms with Crippen molar-refractivity contribution in [3.05, 3.63) is 101 Å². The number of aryl methyl sites for hydroxylation is 1. The zero-order valence-corrected chi connectivity index (χ0v) is 21.1. The van der Waals surface area contributed by atoms with Gasteiger partial charge in [0.1, 0.15) is 24.0 Å². The van der Waals surface area contributed by atoms with Gasteiger partial charge >= 0.3 is 0 Å². The number of fused-ring (bicyclic) bond motifs is 1. The molecule has 8 heteroatoms. The molecular formula is C29H29N5O3. The third kappa shape index (κ3) is 5.09. The number of piperazine rings is 1. The van der Waals surface area contributed by atoms with Gasteiger partial charge in [0.2, 0.25) is 0 Å². The van der Waals surface area contributed by atoms with Crippen LogP contribution in [0.3, 0.4) is 0 Å². The first-order chi connectivity index (χ1) is 17.9. The molecule has 4 aromatic rings. The number of benzene rings is 2. The van der Waals surface area contributed by atoms with E-state index in [4.69, 9.17) is 4.74 Å². The minimum Gasteiger partial charge on any atom is -0.489 e. The second-order valence-electron chi connectivity index (χ2n) is 9.24. The Labute approximate surface area is 215 Å². The number of carbonyl (C=O) groups excluding carboxylic acids is 1. The van der Waals surface area contributed by atoms with Crippen molar-refractivity contribution < 1.29 is 9.53 Å². The Morgan fingerprint density at radius 2 is 1.84 bits per heavy atom. The maximum atomic E-state index is 13.5. The maximum absolute atomic E-state index is 13.5. The Balaban J connectivity index is 1.40. The highest BCUT2D eigenvalue weighted by molar-refractivity contribution is 5.95. The predicted molar refractivity (Wildman–Crippen MR) is 145 cm³/mol. The highest BCUT2D eigenvalue weighted by Crippen LogP contribution is 2.21. The fourth-order valence-corrected chi connectivity index (χ4v) is 4.52. The molecule has 0 saturated carbocycles. The van der Waals surface area contributed by atoms with Crippen molar-refractivity contribution >= 4 is 22.6 Å². The number of hydrogen-bond donors (Lipinski definition) is 0. The van der Waals surface area contributed by atoms with Crippen LogP contribution in [0.2, 0.25) is 0 Å². The van der Waals surface area contributed by atoms with Crippen molar-refractivity contribution in [3.8, 4) is 11.4 Å². The predicted octanol–water partition coefficient (Wildman–Crippen LogP) is 4.01. The molecule has 188 valence electrons. The number of amides is 1. The fourth-order valence-electron chi connectivity index (χ4n) is 4.52. The molecule has 0 spiro atoms. The van der Waals surface area contributed by atoms with E-state index in [0.29, 0.717) is 66.5 Å². The van der Waals surface area contributed by atoms with E-state index in [1.165, 1.54) is 0 Å². The third-order valence-electron chi connectivity index (χ3n) is 6.38. The number of ether oxygens (including phenoxy) is 1. The second-order valence-corrected chi connectivity index (χ2v) is 9.24. The third-order valence-corrected chi connectivity index (χ3v) is 6.38. The van der Waals surface area contributed by atoms with Gasteiger partial charge in [0.05, 0.1) is 16.6 Å². The lowest BCUT2D eigenvalue weighted by Gasteiger charge is -2.35. The Morgan fingerprint density at radius 3 is 2.57 bits per heavy atom. The Morgan fingerprint density at radius 1 is 1.03 bits per heavy atom. The number of nitrogens with zero attached hydrogens (tertiary/aromatic N) is 5. The highest BCUT2D eigenvalue weighted by Gasteiger charge is 2.23. The molecule has 0 radical (unpaired) electrons. The summed E-state index contributed by atoms with van der Waals surface area (Å²) in [4.78, 5) is 39.9. The molecule has 1 aliphatic rings. The second kappa shape index (κ2) is 10.3. The maximum Gasteiger partial charge on any atom is 0.266 e. The number of anilines is 1. The molecule has 0 aliphatic carbocycles. The molecule has 8 nitrogen and oxygen atoms in total. The lowest BCUT2D eigenvalue weighted by Crippen LogP contribution is -2.49. The summed E-state index contributed by atoms with van der Waals surface area (Å²) in [5.74, 6) is 1.99. The molecule has 5 rings (SSSR count). The van der Waals surface area contributed by atoms with Crippen LogP contribution in [-0.2, 0) is 0 Å². The van der Waals surface area contributed by atoms with Crippen LogP contribution in [0.4, 0.5) is 5.82 Å². The molecule has 37 heavy (non-hydrogen) atoms. The van der Waals surface area contributed by atoms with Crippen molar-refractivity contribution in [1.29, 1.82) is 0 Å². The van der Waals surface area contributed by atoms with Crippen LogP contribution in [0.5, 0.6) is 5.75 Å². The minimum atomic E-state index is -0.211. The first-order valence-corrected chi connectivity index (χ1v) is 12.3. The smallest absolute Gasteiger partial charge is 0.266 e. The molecule has 0 N–H and O–H groups in total. The summed E-state index contributed by atoms with van der Waals surface area (Å²) < 4.78 is 7.27. The molecule has 2 aromatic carbocycles. The lowest BCUT2D eigenvalue weighted by atomic mass is 10.1. The standard InChI is InChI=1S/C29H29N5O3/c1-20(2)19-37-24-10-11-26-25(18-24)29(36)34(21(3)31-26)23-8-6-7-22(17-23)28(35)33-15-13-32(14-16-33)27-9-4-5-12-30-27/h4-12,17-18H,1,13-16,19H2,2-3H3. The van der Waals surface area contributed by atoms with Crippen molar-refractivity contribution in [2.24, 2.45) is 0 Å². The van der Waals surface area contributed by atoms with E-state index in [9.17, 15) is 9.59 Å². The first-order valence-electron chi connectivity index (χ1n) is 12.3. The first kappa shape index (κ1) is 24.2.